The van der Waals surface area contributed by atoms with Crippen LogP contribution in [0.1, 0.15) is 56.1 Å². The van der Waals surface area contributed by atoms with Gasteiger partial charge in [0.15, 0.2) is 0 Å². The maximum atomic E-state index is 13.4. The zero-order valence-corrected chi connectivity index (χ0v) is 18.5. The van der Waals surface area contributed by atoms with Crippen LogP contribution >= 0.6 is 11.3 Å². The molecule has 164 valence electrons. The summed E-state index contributed by atoms with van der Waals surface area (Å²) in [4.78, 5) is 39.9. The van der Waals surface area contributed by atoms with Crippen LogP contribution in [0.3, 0.4) is 0 Å². The Morgan fingerprint density at radius 2 is 1.69 bits per heavy atom. The van der Waals surface area contributed by atoms with E-state index in [1.165, 1.54) is 11.3 Å². The van der Waals surface area contributed by atoms with Gasteiger partial charge in [0.2, 0.25) is 0 Å². The predicted molar refractivity (Wildman–Crippen MR) is 124 cm³/mol. The zero-order valence-electron chi connectivity index (χ0n) is 17.7. The Morgan fingerprint density at radius 1 is 1.00 bits per heavy atom. The molecule has 2 amide bonds. The second-order valence-corrected chi connectivity index (χ2v) is 8.56. The molecule has 1 heterocycles. The molecule has 6 nitrogen and oxygen atoms in total. The van der Waals surface area contributed by atoms with Gasteiger partial charge in [-0.05, 0) is 49.4 Å². The molecule has 7 heteroatoms. The summed E-state index contributed by atoms with van der Waals surface area (Å²) in [6.45, 7) is 2.02. The molecule has 0 fully saturated rings. The normalized spacial score (nSPS) is 13.2. The Kier molecular flexibility index (Phi) is 6.66. The number of anilines is 1. The topological polar surface area (TPSA) is 84.5 Å². The fraction of sp³-hybridized carbons (Fsp3) is 0.240. The van der Waals surface area contributed by atoms with Gasteiger partial charge in [-0.2, -0.15) is 0 Å². The molecule has 1 aromatic heterocycles. The summed E-state index contributed by atoms with van der Waals surface area (Å²) >= 11 is 1.41. The first-order valence-corrected chi connectivity index (χ1v) is 11.4. The summed E-state index contributed by atoms with van der Waals surface area (Å²) in [5.74, 6) is -1.19. The molecule has 1 aliphatic carbocycles. The minimum atomic E-state index is -0.920. The fourth-order valence-corrected chi connectivity index (χ4v) is 5.13. The summed E-state index contributed by atoms with van der Waals surface area (Å²) in [6, 6.07) is 16.9. The molecule has 1 unspecified atom stereocenters. The van der Waals surface area contributed by atoms with Crippen LogP contribution in [0, 0.1) is 0 Å². The number of amides is 2. The zero-order chi connectivity index (χ0) is 22.5. The largest absolute Gasteiger partial charge is 0.462 e. The van der Waals surface area contributed by atoms with E-state index in [9.17, 15) is 14.4 Å². The number of ether oxygens (including phenoxy) is 1. The first-order chi connectivity index (χ1) is 15.6. The van der Waals surface area contributed by atoms with E-state index in [-0.39, 0.29) is 12.5 Å². The van der Waals surface area contributed by atoms with E-state index >= 15 is 0 Å². The number of nitrogens with one attached hydrogen (secondary N) is 2. The van der Waals surface area contributed by atoms with Gasteiger partial charge in [0.1, 0.15) is 11.0 Å². The highest BCUT2D eigenvalue weighted by atomic mass is 32.1. The third-order valence-electron chi connectivity index (χ3n) is 5.34. The lowest BCUT2D eigenvalue weighted by Crippen LogP contribution is -2.37. The van der Waals surface area contributed by atoms with E-state index in [2.05, 4.69) is 10.6 Å². The Labute approximate surface area is 190 Å². The molecule has 0 radical (unpaired) electrons. The van der Waals surface area contributed by atoms with Crippen molar-refractivity contribution in [2.45, 2.75) is 32.2 Å². The van der Waals surface area contributed by atoms with E-state index in [1.54, 1.807) is 43.3 Å². The lowest BCUT2D eigenvalue weighted by molar-refractivity contribution is -0.118. The number of fused-ring (bicyclic) bond motifs is 1. The van der Waals surface area contributed by atoms with Gasteiger partial charge in [0.25, 0.3) is 11.8 Å². The first kappa shape index (κ1) is 21.8. The number of carbonyl (C=O) groups is 3. The quantitative estimate of drug-likeness (QED) is 0.521. The number of benzene rings is 2. The average molecular weight is 449 g/mol. The SMILES string of the molecule is CCOC(=O)c1c(NC(=O)C(NC(=O)c2ccccc2)c2ccccc2)sc2c1CCC2. The van der Waals surface area contributed by atoms with Crippen LogP contribution in [-0.2, 0) is 22.4 Å². The molecular weight excluding hydrogens is 424 g/mol. The number of aryl methyl sites for hydroxylation is 1. The monoisotopic (exact) mass is 448 g/mol. The van der Waals surface area contributed by atoms with Gasteiger partial charge >= 0.3 is 5.97 Å². The molecule has 4 rings (SSSR count). The number of hydrogen-bond donors (Lipinski definition) is 2. The summed E-state index contributed by atoms with van der Waals surface area (Å²) in [6.07, 6.45) is 2.67. The summed E-state index contributed by atoms with van der Waals surface area (Å²) in [5.41, 5.74) is 2.52. The Morgan fingerprint density at radius 3 is 2.38 bits per heavy atom. The van der Waals surface area contributed by atoms with Gasteiger partial charge in [-0.15, -0.1) is 11.3 Å². The van der Waals surface area contributed by atoms with E-state index in [0.29, 0.717) is 21.7 Å². The van der Waals surface area contributed by atoms with Crippen molar-refractivity contribution in [1.82, 2.24) is 5.32 Å². The molecule has 0 spiro atoms. The van der Waals surface area contributed by atoms with E-state index in [4.69, 9.17) is 4.74 Å². The van der Waals surface area contributed by atoms with Gasteiger partial charge in [-0.25, -0.2) is 4.79 Å². The average Bonchev–Trinajstić information content (AvgIpc) is 3.39. The number of esters is 1. The molecule has 0 saturated heterocycles. The van der Waals surface area contributed by atoms with Gasteiger partial charge in [0, 0.05) is 10.4 Å². The summed E-state index contributed by atoms with van der Waals surface area (Å²) < 4.78 is 5.25. The maximum absolute atomic E-state index is 13.4. The van der Waals surface area contributed by atoms with Crippen molar-refractivity contribution in [3.63, 3.8) is 0 Å². The maximum Gasteiger partial charge on any atom is 0.341 e. The smallest absolute Gasteiger partial charge is 0.341 e. The highest BCUT2D eigenvalue weighted by molar-refractivity contribution is 7.17. The molecule has 1 aliphatic rings. The summed E-state index contributed by atoms with van der Waals surface area (Å²) in [5, 5.41) is 6.21. The highest BCUT2D eigenvalue weighted by Gasteiger charge is 2.30. The predicted octanol–water partition coefficient (Wildman–Crippen LogP) is 4.52. The van der Waals surface area contributed by atoms with Crippen molar-refractivity contribution >= 4 is 34.1 Å². The molecule has 2 aromatic carbocycles. The summed E-state index contributed by atoms with van der Waals surface area (Å²) in [7, 11) is 0. The number of carbonyl (C=O) groups excluding carboxylic acids is 3. The van der Waals surface area contributed by atoms with Crippen LogP contribution in [0.25, 0.3) is 0 Å². The van der Waals surface area contributed by atoms with Gasteiger partial charge in [-0.1, -0.05) is 48.5 Å². The molecule has 0 saturated carbocycles. The standard InChI is InChI=1S/C25H24N2O4S/c1-2-31-25(30)20-18-14-9-15-19(18)32-24(20)27-23(29)21(16-10-5-3-6-11-16)26-22(28)17-12-7-4-8-13-17/h3-8,10-13,21H,2,9,14-15H2,1H3,(H,26,28)(H,27,29). The van der Waals surface area contributed by atoms with Crippen LogP contribution in [0.15, 0.2) is 60.7 Å². The molecule has 32 heavy (non-hydrogen) atoms. The third-order valence-corrected chi connectivity index (χ3v) is 6.55. The van der Waals surface area contributed by atoms with Crippen molar-refractivity contribution in [2.24, 2.45) is 0 Å². The number of hydrogen-bond acceptors (Lipinski definition) is 5. The minimum Gasteiger partial charge on any atom is -0.462 e. The van der Waals surface area contributed by atoms with Gasteiger partial charge in [-0.3, -0.25) is 9.59 Å². The lowest BCUT2D eigenvalue weighted by Gasteiger charge is -2.19. The van der Waals surface area contributed by atoms with Crippen LogP contribution in [0.4, 0.5) is 5.00 Å². The molecule has 1 atom stereocenters. The number of rotatable bonds is 7. The molecule has 0 bridgehead atoms. The van der Waals surface area contributed by atoms with Crippen LogP contribution in [0.5, 0.6) is 0 Å². The van der Waals surface area contributed by atoms with Crippen molar-refractivity contribution in [3.8, 4) is 0 Å². The van der Waals surface area contributed by atoms with Crippen LogP contribution < -0.4 is 10.6 Å². The lowest BCUT2D eigenvalue weighted by atomic mass is 10.0. The second kappa shape index (κ2) is 9.78. The minimum absolute atomic E-state index is 0.261. The Hall–Kier alpha value is -3.45. The van der Waals surface area contributed by atoms with E-state index in [1.807, 2.05) is 24.3 Å². The Bertz CT molecular complexity index is 1130. The number of thiophene rings is 1. The van der Waals surface area contributed by atoms with Crippen LogP contribution in [0.2, 0.25) is 0 Å². The van der Waals surface area contributed by atoms with Crippen molar-refractivity contribution in [3.05, 3.63) is 87.8 Å². The fourth-order valence-electron chi connectivity index (χ4n) is 3.85. The Balaban J connectivity index is 1.63. The van der Waals surface area contributed by atoms with Crippen molar-refractivity contribution < 1.29 is 19.1 Å². The highest BCUT2D eigenvalue weighted by Crippen LogP contribution is 2.40. The third kappa shape index (κ3) is 4.57. The molecule has 2 N–H and O–H groups in total. The van der Waals surface area contributed by atoms with Crippen LogP contribution in [-0.4, -0.2) is 24.4 Å². The molecule has 0 aliphatic heterocycles. The molecule has 3 aromatic rings. The first-order valence-electron chi connectivity index (χ1n) is 10.6. The van der Waals surface area contributed by atoms with E-state index < -0.39 is 17.9 Å². The van der Waals surface area contributed by atoms with Crippen molar-refractivity contribution in [2.75, 3.05) is 11.9 Å². The van der Waals surface area contributed by atoms with Gasteiger partial charge < -0.3 is 15.4 Å². The van der Waals surface area contributed by atoms with Crippen molar-refractivity contribution in [1.29, 1.82) is 0 Å². The second-order valence-electron chi connectivity index (χ2n) is 7.45. The van der Waals surface area contributed by atoms with Gasteiger partial charge in [0.05, 0.1) is 12.2 Å². The van der Waals surface area contributed by atoms with E-state index in [0.717, 1.165) is 29.7 Å². The molecular formula is C25H24N2O4S.